The maximum Gasteiger partial charge on any atom is 0.303 e. The summed E-state index contributed by atoms with van der Waals surface area (Å²) in [6, 6.07) is 11.8. The van der Waals surface area contributed by atoms with E-state index in [4.69, 9.17) is 0 Å². The summed E-state index contributed by atoms with van der Waals surface area (Å²) in [5, 5.41) is 10.5. The lowest BCUT2D eigenvalue weighted by Gasteiger charge is -2.16. The number of fused-ring (bicyclic) bond motifs is 3. The number of rotatable bonds is 6. The summed E-state index contributed by atoms with van der Waals surface area (Å²) in [6.45, 7) is 2.67. The number of aliphatic carboxylic acids is 1. The van der Waals surface area contributed by atoms with Crippen LogP contribution in [0.3, 0.4) is 0 Å². The van der Waals surface area contributed by atoms with E-state index in [2.05, 4.69) is 33.8 Å². The molecule has 0 saturated carbocycles. The predicted molar refractivity (Wildman–Crippen MR) is 126 cm³/mol. The van der Waals surface area contributed by atoms with Crippen LogP contribution in [0.15, 0.2) is 55.1 Å². The number of aryl methyl sites for hydroxylation is 2. The number of imidazole rings is 1. The average molecular weight is 446 g/mol. The number of aromatic nitrogens is 3. The summed E-state index contributed by atoms with van der Waals surface area (Å²) >= 11 is 0. The smallest absolute Gasteiger partial charge is 0.303 e. The van der Waals surface area contributed by atoms with Gasteiger partial charge in [-0.2, -0.15) is 0 Å². The van der Waals surface area contributed by atoms with Crippen molar-refractivity contribution < 1.29 is 14.3 Å². The largest absolute Gasteiger partial charge is 0.481 e. The van der Waals surface area contributed by atoms with Crippen molar-refractivity contribution in [3.8, 4) is 5.69 Å². The summed E-state index contributed by atoms with van der Waals surface area (Å²) < 4.78 is 19.0. The van der Waals surface area contributed by atoms with Crippen LogP contribution >= 0.6 is 0 Å². The molecule has 0 spiro atoms. The zero-order chi connectivity index (χ0) is 22.9. The number of halogens is 1. The highest BCUT2D eigenvalue weighted by Gasteiger charge is 2.27. The van der Waals surface area contributed by atoms with E-state index >= 15 is 0 Å². The third-order valence-corrected chi connectivity index (χ3v) is 6.92. The SMILES string of the molecule is CCc1c(F)ccc2c1c1c(n2Cc2ccc(-n3ccnc3)cc2)CC(CC(=O)O)CCC1. The first-order valence-electron chi connectivity index (χ1n) is 11.7. The van der Waals surface area contributed by atoms with Gasteiger partial charge in [0.25, 0.3) is 0 Å². The molecule has 0 saturated heterocycles. The van der Waals surface area contributed by atoms with E-state index in [0.717, 1.165) is 47.0 Å². The van der Waals surface area contributed by atoms with Gasteiger partial charge in [-0.15, -0.1) is 0 Å². The van der Waals surface area contributed by atoms with Crippen molar-refractivity contribution in [1.82, 2.24) is 14.1 Å². The van der Waals surface area contributed by atoms with Crippen molar-refractivity contribution in [3.05, 3.63) is 83.3 Å². The molecule has 1 aliphatic rings. The number of carboxylic acid groups (broad SMARTS) is 1. The van der Waals surface area contributed by atoms with Crippen molar-refractivity contribution >= 4 is 16.9 Å². The molecule has 0 fully saturated rings. The number of carbonyl (C=O) groups is 1. The molecule has 2 aromatic carbocycles. The maximum absolute atomic E-state index is 14.8. The minimum absolute atomic E-state index is 0.102. The van der Waals surface area contributed by atoms with Gasteiger partial charge in [-0.3, -0.25) is 4.79 Å². The molecule has 2 aromatic heterocycles. The number of carboxylic acids is 1. The van der Waals surface area contributed by atoms with Gasteiger partial charge in [0.15, 0.2) is 0 Å². The second-order valence-corrected chi connectivity index (χ2v) is 8.98. The van der Waals surface area contributed by atoms with Crippen LogP contribution in [0.5, 0.6) is 0 Å². The lowest BCUT2D eigenvalue weighted by Crippen LogP contribution is -2.13. The average Bonchev–Trinajstić information content (AvgIpc) is 3.37. The van der Waals surface area contributed by atoms with Crippen molar-refractivity contribution in [1.29, 1.82) is 0 Å². The Hall–Kier alpha value is -3.41. The van der Waals surface area contributed by atoms with E-state index in [-0.39, 0.29) is 18.2 Å². The van der Waals surface area contributed by atoms with Crippen LogP contribution in [0.2, 0.25) is 0 Å². The zero-order valence-electron chi connectivity index (χ0n) is 18.8. The first-order chi connectivity index (χ1) is 16.0. The summed E-state index contributed by atoms with van der Waals surface area (Å²) in [7, 11) is 0. The highest BCUT2D eigenvalue weighted by Crippen LogP contribution is 2.37. The Morgan fingerprint density at radius 2 is 2.03 bits per heavy atom. The van der Waals surface area contributed by atoms with Gasteiger partial charge in [0.2, 0.25) is 0 Å². The van der Waals surface area contributed by atoms with Gasteiger partial charge in [0, 0.05) is 47.6 Å². The summed E-state index contributed by atoms with van der Waals surface area (Å²) in [6.07, 6.45) is 9.66. The molecule has 6 heteroatoms. The van der Waals surface area contributed by atoms with Gasteiger partial charge in [-0.05, 0) is 79.0 Å². The molecule has 0 radical (unpaired) electrons. The number of hydrogen-bond donors (Lipinski definition) is 1. The molecule has 170 valence electrons. The highest BCUT2D eigenvalue weighted by atomic mass is 19.1. The van der Waals surface area contributed by atoms with Crippen LogP contribution < -0.4 is 0 Å². The minimum atomic E-state index is -0.749. The molecule has 0 aliphatic heterocycles. The Morgan fingerprint density at radius 1 is 1.21 bits per heavy atom. The van der Waals surface area contributed by atoms with Gasteiger partial charge in [0.05, 0.1) is 6.33 Å². The molecule has 1 N–H and O–H groups in total. The fraction of sp³-hybridized carbons (Fsp3) is 0.333. The molecule has 1 atom stereocenters. The molecular weight excluding hydrogens is 417 g/mol. The second-order valence-electron chi connectivity index (χ2n) is 8.98. The quantitative estimate of drug-likeness (QED) is 0.396. The molecular formula is C27H28FN3O2. The summed E-state index contributed by atoms with van der Waals surface area (Å²) in [5.41, 5.74) is 6.41. The molecule has 5 nitrogen and oxygen atoms in total. The first kappa shape index (κ1) is 21.4. The third kappa shape index (κ3) is 4.06. The molecule has 1 unspecified atom stereocenters. The molecule has 5 rings (SSSR count). The number of benzene rings is 2. The number of hydrogen-bond acceptors (Lipinski definition) is 2. The predicted octanol–water partition coefficient (Wildman–Crippen LogP) is 5.55. The van der Waals surface area contributed by atoms with Crippen LogP contribution in [0.4, 0.5) is 4.39 Å². The van der Waals surface area contributed by atoms with Gasteiger partial charge in [-0.1, -0.05) is 19.1 Å². The number of nitrogens with zero attached hydrogens (tertiary/aromatic N) is 3. The van der Waals surface area contributed by atoms with Crippen LogP contribution in [0.1, 0.15) is 48.6 Å². The Balaban J connectivity index is 1.60. The normalized spacial score (nSPS) is 16.0. The minimum Gasteiger partial charge on any atom is -0.481 e. The van der Waals surface area contributed by atoms with Crippen molar-refractivity contribution in [2.45, 2.75) is 52.0 Å². The lowest BCUT2D eigenvalue weighted by molar-refractivity contribution is -0.138. The monoisotopic (exact) mass is 445 g/mol. The van der Waals surface area contributed by atoms with Gasteiger partial charge in [-0.25, -0.2) is 9.37 Å². The van der Waals surface area contributed by atoms with E-state index in [0.29, 0.717) is 19.4 Å². The Morgan fingerprint density at radius 3 is 2.73 bits per heavy atom. The van der Waals surface area contributed by atoms with Crippen LogP contribution in [-0.2, 0) is 30.6 Å². The van der Waals surface area contributed by atoms with Crippen LogP contribution in [-0.4, -0.2) is 25.2 Å². The Labute approximate surface area is 192 Å². The van der Waals surface area contributed by atoms with Gasteiger partial charge in [0.1, 0.15) is 5.82 Å². The van der Waals surface area contributed by atoms with Gasteiger partial charge < -0.3 is 14.2 Å². The standard InChI is InChI=1S/C27H28FN3O2/c1-2-21-23(28)10-11-24-27(21)22-5-3-4-19(15-26(32)33)14-25(22)31(24)16-18-6-8-20(9-7-18)30-13-12-29-17-30/h6-13,17,19H,2-5,14-16H2,1H3,(H,32,33). The fourth-order valence-electron chi connectivity index (χ4n) is 5.39. The highest BCUT2D eigenvalue weighted by molar-refractivity contribution is 5.89. The van der Waals surface area contributed by atoms with E-state index in [9.17, 15) is 14.3 Å². The van der Waals surface area contributed by atoms with Crippen molar-refractivity contribution in [2.24, 2.45) is 5.92 Å². The third-order valence-electron chi connectivity index (χ3n) is 6.92. The Kier molecular flexibility index (Phi) is 5.75. The van der Waals surface area contributed by atoms with E-state index in [1.54, 1.807) is 18.6 Å². The van der Waals surface area contributed by atoms with Crippen molar-refractivity contribution in [2.75, 3.05) is 0 Å². The van der Waals surface area contributed by atoms with Gasteiger partial charge >= 0.3 is 5.97 Å². The van der Waals surface area contributed by atoms with E-state index < -0.39 is 5.97 Å². The molecule has 4 aromatic rings. The van der Waals surface area contributed by atoms with E-state index in [1.165, 1.54) is 11.3 Å². The fourth-order valence-corrected chi connectivity index (χ4v) is 5.39. The zero-order valence-corrected chi connectivity index (χ0v) is 18.8. The lowest BCUT2D eigenvalue weighted by atomic mass is 9.96. The second kappa shape index (κ2) is 8.85. The summed E-state index contributed by atoms with van der Waals surface area (Å²) in [4.78, 5) is 15.6. The topological polar surface area (TPSA) is 60.0 Å². The maximum atomic E-state index is 14.8. The van der Waals surface area contributed by atoms with E-state index in [1.807, 2.05) is 23.8 Å². The molecule has 0 amide bonds. The molecule has 2 heterocycles. The van der Waals surface area contributed by atoms with Crippen molar-refractivity contribution in [3.63, 3.8) is 0 Å². The Bertz CT molecular complexity index is 1290. The summed E-state index contributed by atoms with van der Waals surface area (Å²) in [5.74, 6) is -0.798. The van der Waals surface area contributed by atoms with Crippen LogP contribution in [0.25, 0.3) is 16.6 Å². The molecule has 1 aliphatic carbocycles. The first-order valence-corrected chi connectivity index (χ1v) is 11.7. The van der Waals surface area contributed by atoms with Crippen LogP contribution in [0, 0.1) is 11.7 Å². The molecule has 0 bridgehead atoms. The molecule has 33 heavy (non-hydrogen) atoms.